The fourth-order valence-corrected chi connectivity index (χ4v) is 2.28. The number of hydrogen-bond donors (Lipinski definition) is 1. The Kier molecular flexibility index (Phi) is 6.78. The van der Waals surface area contributed by atoms with Gasteiger partial charge in [-0.15, -0.1) is 0 Å². The summed E-state index contributed by atoms with van der Waals surface area (Å²) in [6.07, 6.45) is 2.24. The SMILES string of the molecule is COc1ccc(OCCNC(C)CCc2ccccc2)cc1. The molecule has 118 valence electrons. The lowest BCUT2D eigenvalue weighted by molar-refractivity contribution is 0.304. The predicted octanol–water partition coefficient (Wildman–Crippen LogP) is 3.68. The Hall–Kier alpha value is -2.00. The van der Waals surface area contributed by atoms with Crippen molar-refractivity contribution in [3.63, 3.8) is 0 Å². The molecule has 0 radical (unpaired) electrons. The van der Waals surface area contributed by atoms with E-state index in [0.717, 1.165) is 30.9 Å². The second-order valence-electron chi connectivity index (χ2n) is 5.40. The molecule has 1 atom stereocenters. The summed E-state index contributed by atoms with van der Waals surface area (Å²) in [4.78, 5) is 0. The monoisotopic (exact) mass is 299 g/mol. The third-order valence-electron chi connectivity index (χ3n) is 3.63. The number of ether oxygens (including phenoxy) is 2. The van der Waals surface area contributed by atoms with Crippen molar-refractivity contribution in [3.8, 4) is 11.5 Å². The van der Waals surface area contributed by atoms with Gasteiger partial charge in [0, 0.05) is 12.6 Å². The van der Waals surface area contributed by atoms with E-state index in [0.29, 0.717) is 12.6 Å². The molecule has 1 unspecified atom stereocenters. The normalized spacial score (nSPS) is 11.9. The van der Waals surface area contributed by atoms with Crippen LogP contribution in [0.3, 0.4) is 0 Å². The Morgan fingerprint density at radius 1 is 0.955 bits per heavy atom. The molecule has 2 aromatic rings. The lowest BCUT2D eigenvalue weighted by Gasteiger charge is -2.14. The van der Waals surface area contributed by atoms with Gasteiger partial charge in [0.15, 0.2) is 0 Å². The van der Waals surface area contributed by atoms with E-state index in [9.17, 15) is 0 Å². The maximum absolute atomic E-state index is 5.70. The third kappa shape index (κ3) is 5.78. The first-order chi connectivity index (χ1) is 10.8. The maximum atomic E-state index is 5.70. The molecule has 0 saturated heterocycles. The quantitative estimate of drug-likeness (QED) is 0.716. The second-order valence-corrected chi connectivity index (χ2v) is 5.40. The summed E-state index contributed by atoms with van der Waals surface area (Å²) in [6.45, 7) is 3.74. The zero-order chi connectivity index (χ0) is 15.6. The number of rotatable bonds is 9. The van der Waals surface area contributed by atoms with Crippen LogP contribution in [0.1, 0.15) is 18.9 Å². The van der Waals surface area contributed by atoms with Gasteiger partial charge < -0.3 is 14.8 Å². The fourth-order valence-electron chi connectivity index (χ4n) is 2.28. The van der Waals surface area contributed by atoms with Crippen LogP contribution in [-0.4, -0.2) is 26.3 Å². The molecule has 0 amide bonds. The summed E-state index contributed by atoms with van der Waals surface area (Å²) >= 11 is 0. The van der Waals surface area contributed by atoms with Crippen LogP contribution in [0.25, 0.3) is 0 Å². The van der Waals surface area contributed by atoms with Crippen molar-refractivity contribution >= 4 is 0 Å². The Labute approximate surface area is 133 Å². The predicted molar refractivity (Wildman–Crippen MR) is 90.7 cm³/mol. The number of aryl methyl sites for hydroxylation is 1. The summed E-state index contributed by atoms with van der Waals surface area (Å²) in [6, 6.07) is 18.8. The number of benzene rings is 2. The minimum atomic E-state index is 0.486. The van der Waals surface area contributed by atoms with E-state index in [2.05, 4.69) is 42.6 Å². The van der Waals surface area contributed by atoms with Crippen molar-refractivity contribution in [3.05, 3.63) is 60.2 Å². The van der Waals surface area contributed by atoms with Gasteiger partial charge in [0.25, 0.3) is 0 Å². The molecular weight excluding hydrogens is 274 g/mol. The first-order valence-electron chi connectivity index (χ1n) is 7.82. The summed E-state index contributed by atoms with van der Waals surface area (Å²) < 4.78 is 10.8. The highest BCUT2D eigenvalue weighted by Crippen LogP contribution is 2.16. The van der Waals surface area contributed by atoms with Crippen LogP contribution < -0.4 is 14.8 Å². The average Bonchev–Trinajstić information content (AvgIpc) is 2.58. The van der Waals surface area contributed by atoms with Crippen molar-refractivity contribution in [2.24, 2.45) is 0 Å². The van der Waals surface area contributed by atoms with Crippen LogP contribution >= 0.6 is 0 Å². The molecule has 3 nitrogen and oxygen atoms in total. The number of nitrogens with one attached hydrogen (secondary N) is 1. The first kappa shape index (κ1) is 16.4. The standard InChI is InChI=1S/C19H25NO2/c1-16(8-9-17-6-4-3-5-7-17)20-14-15-22-19-12-10-18(21-2)11-13-19/h3-7,10-13,16,20H,8-9,14-15H2,1-2H3. The van der Waals surface area contributed by atoms with Gasteiger partial charge in [-0.25, -0.2) is 0 Å². The Bertz CT molecular complexity index is 525. The van der Waals surface area contributed by atoms with Gasteiger partial charge in [0.2, 0.25) is 0 Å². The minimum Gasteiger partial charge on any atom is -0.497 e. The molecule has 0 aliphatic rings. The van der Waals surface area contributed by atoms with E-state index in [1.165, 1.54) is 5.56 Å². The first-order valence-corrected chi connectivity index (χ1v) is 7.82. The largest absolute Gasteiger partial charge is 0.497 e. The highest BCUT2D eigenvalue weighted by atomic mass is 16.5. The highest BCUT2D eigenvalue weighted by molar-refractivity contribution is 5.31. The van der Waals surface area contributed by atoms with Crippen molar-refractivity contribution in [2.75, 3.05) is 20.3 Å². The van der Waals surface area contributed by atoms with Gasteiger partial charge in [-0.05, 0) is 49.6 Å². The molecule has 0 bridgehead atoms. The van der Waals surface area contributed by atoms with E-state index in [4.69, 9.17) is 9.47 Å². The Morgan fingerprint density at radius 2 is 1.64 bits per heavy atom. The van der Waals surface area contributed by atoms with Gasteiger partial charge in [0.05, 0.1) is 7.11 Å². The van der Waals surface area contributed by atoms with E-state index >= 15 is 0 Å². The van der Waals surface area contributed by atoms with Gasteiger partial charge in [0.1, 0.15) is 18.1 Å². The zero-order valence-electron chi connectivity index (χ0n) is 13.4. The molecule has 0 spiro atoms. The van der Waals surface area contributed by atoms with Gasteiger partial charge in [-0.3, -0.25) is 0 Å². The summed E-state index contributed by atoms with van der Waals surface area (Å²) in [5.74, 6) is 1.72. The second kappa shape index (κ2) is 9.11. The molecule has 0 aliphatic heterocycles. The number of hydrogen-bond acceptors (Lipinski definition) is 3. The fraction of sp³-hybridized carbons (Fsp3) is 0.368. The topological polar surface area (TPSA) is 30.5 Å². The van der Waals surface area contributed by atoms with Crippen LogP contribution in [-0.2, 0) is 6.42 Å². The lowest BCUT2D eigenvalue weighted by atomic mass is 10.1. The molecule has 0 fully saturated rings. The third-order valence-corrected chi connectivity index (χ3v) is 3.63. The van der Waals surface area contributed by atoms with E-state index in [1.807, 2.05) is 24.3 Å². The smallest absolute Gasteiger partial charge is 0.119 e. The summed E-state index contributed by atoms with van der Waals surface area (Å²) in [5, 5.41) is 3.50. The molecule has 0 aromatic heterocycles. The van der Waals surface area contributed by atoms with Crippen LogP contribution in [0.15, 0.2) is 54.6 Å². The van der Waals surface area contributed by atoms with E-state index in [1.54, 1.807) is 7.11 Å². The number of methoxy groups -OCH3 is 1. The molecule has 2 aromatic carbocycles. The van der Waals surface area contributed by atoms with Crippen molar-refractivity contribution in [1.82, 2.24) is 5.32 Å². The van der Waals surface area contributed by atoms with Crippen LogP contribution in [0.4, 0.5) is 0 Å². The molecule has 0 aliphatic carbocycles. The molecule has 1 N–H and O–H groups in total. The Balaban J connectivity index is 1.59. The summed E-state index contributed by atoms with van der Waals surface area (Å²) in [5.41, 5.74) is 1.39. The van der Waals surface area contributed by atoms with Gasteiger partial charge in [-0.2, -0.15) is 0 Å². The lowest BCUT2D eigenvalue weighted by Crippen LogP contribution is -2.30. The molecule has 0 heterocycles. The van der Waals surface area contributed by atoms with Crippen molar-refractivity contribution in [1.29, 1.82) is 0 Å². The van der Waals surface area contributed by atoms with Crippen LogP contribution in [0.2, 0.25) is 0 Å². The molecule has 2 rings (SSSR count). The highest BCUT2D eigenvalue weighted by Gasteiger charge is 2.02. The van der Waals surface area contributed by atoms with Crippen molar-refractivity contribution in [2.45, 2.75) is 25.8 Å². The van der Waals surface area contributed by atoms with Crippen LogP contribution in [0, 0.1) is 0 Å². The zero-order valence-corrected chi connectivity index (χ0v) is 13.4. The summed E-state index contributed by atoms with van der Waals surface area (Å²) in [7, 11) is 1.66. The molecule has 22 heavy (non-hydrogen) atoms. The average molecular weight is 299 g/mol. The molecule has 3 heteroatoms. The van der Waals surface area contributed by atoms with Gasteiger partial charge >= 0.3 is 0 Å². The van der Waals surface area contributed by atoms with Crippen molar-refractivity contribution < 1.29 is 9.47 Å². The van der Waals surface area contributed by atoms with Gasteiger partial charge in [-0.1, -0.05) is 30.3 Å². The van der Waals surface area contributed by atoms with E-state index < -0.39 is 0 Å². The minimum absolute atomic E-state index is 0.486. The van der Waals surface area contributed by atoms with E-state index in [-0.39, 0.29) is 0 Å². The maximum Gasteiger partial charge on any atom is 0.119 e. The van der Waals surface area contributed by atoms with Crippen LogP contribution in [0.5, 0.6) is 11.5 Å². The Morgan fingerprint density at radius 3 is 2.32 bits per heavy atom. The molecule has 0 saturated carbocycles. The molecular formula is C19H25NO2.